The highest BCUT2D eigenvalue weighted by molar-refractivity contribution is 5.58. The maximum Gasteiger partial charge on any atom is 0.142 e. The predicted molar refractivity (Wildman–Crippen MR) is 83.5 cm³/mol. The van der Waals surface area contributed by atoms with Gasteiger partial charge in [0.1, 0.15) is 11.6 Å². The number of methoxy groups -OCH3 is 1. The van der Waals surface area contributed by atoms with Gasteiger partial charge in [-0.3, -0.25) is 0 Å². The van der Waals surface area contributed by atoms with Crippen LogP contribution in [0.1, 0.15) is 29.9 Å². The third-order valence-corrected chi connectivity index (χ3v) is 4.17. The molecule has 0 atom stereocenters. The molecule has 0 aliphatic heterocycles. The van der Waals surface area contributed by atoms with Crippen LogP contribution in [0.3, 0.4) is 0 Å². The van der Waals surface area contributed by atoms with Gasteiger partial charge in [-0.05, 0) is 61.1 Å². The number of ether oxygens (including phenoxy) is 1. The average Bonchev–Trinajstić information content (AvgIpc) is 2.43. The number of rotatable bonds is 4. The van der Waals surface area contributed by atoms with Crippen LogP contribution in [0.5, 0.6) is 5.75 Å². The van der Waals surface area contributed by atoms with Gasteiger partial charge < -0.3 is 10.1 Å². The van der Waals surface area contributed by atoms with Crippen molar-refractivity contribution in [3.8, 4) is 5.75 Å². The molecule has 0 unspecified atom stereocenters. The lowest BCUT2D eigenvalue weighted by Gasteiger charge is -2.37. The summed E-state index contributed by atoms with van der Waals surface area (Å²) in [6.45, 7) is 2.05. The first-order chi connectivity index (χ1) is 10.2. The molecule has 21 heavy (non-hydrogen) atoms. The van der Waals surface area contributed by atoms with Gasteiger partial charge in [0.05, 0.1) is 12.8 Å². The second-order valence-corrected chi connectivity index (χ2v) is 5.77. The summed E-state index contributed by atoms with van der Waals surface area (Å²) in [4.78, 5) is 0. The maximum atomic E-state index is 13.2. The van der Waals surface area contributed by atoms with Gasteiger partial charge in [0, 0.05) is 6.04 Å². The molecule has 0 spiro atoms. The van der Waals surface area contributed by atoms with Gasteiger partial charge >= 0.3 is 0 Å². The van der Waals surface area contributed by atoms with Crippen LogP contribution in [0.25, 0.3) is 0 Å². The summed E-state index contributed by atoms with van der Waals surface area (Å²) in [6.07, 6.45) is 2.06. The Bertz CT molecular complexity index is 635. The van der Waals surface area contributed by atoms with Crippen molar-refractivity contribution < 1.29 is 9.13 Å². The Hall–Kier alpha value is -2.03. The number of anilines is 1. The van der Waals surface area contributed by atoms with Crippen LogP contribution in [-0.4, -0.2) is 13.2 Å². The van der Waals surface area contributed by atoms with E-state index >= 15 is 0 Å². The van der Waals surface area contributed by atoms with Crippen LogP contribution < -0.4 is 10.1 Å². The molecule has 0 heterocycles. The molecule has 3 heteroatoms. The van der Waals surface area contributed by atoms with Crippen molar-refractivity contribution in [3.05, 3.63) is 59.4 Å². The smallest absolute Gasteiger partial charge is 0.142 e. The highest BCUT2D eigenvalue weighted by atomic mass is 19.1. The van der Waals surface area contributed by atoms with E-state index in [0.717, 1.165) is 29.8 Å². The van der Waals surface area contributed by atoms with Gasteiger partial charge in [0.25, 0.3) is 0 Å². The topological polar surface area (TPSA) is 21.3 Å². The van der Waals surface area contributed by atoms with E-state index in [4.69, 9.17) is 4.74 Å². The van der Waals surface area contributed by atoms with Gasteiger partial charge in [-0.2, -0.15) is 0 Å². The number of aryl methyl sites for hydroxylation is 1. The van der Waals surface area contributed by atoms with E-state index in [1.54, 1.807) is 19.2 Å². The van der Waals surface area contributed by atoms with E-state index < -0.39 is 0 Å². The summed E-state index contributed by atoms with van der Waals surface area (Å²) in [5, 5.41) is 3.52. The van der Waals surface area contributed by atoms with Crippen molar-refractivity contribution in [1.29, 1.82) is 0 Å². The zero-order valence-corrected chi connectivity index (χ0v) is 12.4. The number of hydrogen-bond donors (Lipinski definition) is 1. The molecule has 0 aromatic heterocycles. The fraction of sp³-hybridized carbons (Fsp3) is 0.333. The molecular weight excluding hydrogens is 265 g/mol. The Morgan fingerprint density at radius 2 is 1.95 bits per heavy atom. The lowest BCUT2D eigenvalue weighted by molar-refractivity contribution is 0.369. The molecule has 0 bridgehead atoms. The molecule has 0 radical (unpaired) electrons. The van der Waals surface area contributed by atoms with E-state index in [0.29, 0.717) is 12.0 Å². The number of halogens is 1. The summed E-state index contributed by atoms with van der Waals surface area (Å²) in [6, 6.07) is 13.5. The summed E-state index contributed by atoms with van der Waals surface area (Å²) < 4.78 is 18.6. The van der Waals surface area contributed by atoms with Crippen LogP contribution >= 0.6 is 0 Å². The molecule has 2 aromatic rings. The van der Waals surface area contributed by atoms with Gasteiger partial charge in [0.2, 0.25) is 0 Å². The zero-order chi connectivity index (χ0) is 14.8. The Kier molecular flexibility index (Phi) is 3.82. The normalized spacial score (nSPS) is 20.7. The minimum atomic E-state index is -0.149. The van der Waals surface area contributed by atoms with Gasteiger partial charge in [-0.15, -0.1) is 0 Å². The van der Waals surface area contributed by atoms with Crippen LogP contribution in [0.15, 0.2) is 42.5 Å². The first-order valence-electron chi connectivity index (χ1n) is 7.32. The van der Waals surface area contributed by atoms with Crippen molar-refractivity contribution in [2.24, 2.45) is 0 Å². The summed E-state index contributed by atoms with van der Waals surface area (Å²) in [7, 11) is 1.69. The highest BCUT2D eigenvalue weighted by Crippen LogP contribution is 2.40. The summed E-state index contributed by atoms with van der Waals surface area (Å²) in [5.41, 5.74) is 3.32. The quantitative estimate of drug-likeness (QED) is 0.893. The molecule has 2 aromatic carbocycles. The SMILES string of the molecule is COc1cc(C)ccc1NC1CC(c2cccc(F)c2)C1. The first kappa shape index (κ1) is 13.9. The van der Waals surface area contributed by atoms with Crippen molar-refractivity contribution in [1.82, 2.24) is 0 Å². The minimum absolute atomic E-state index is 0.149. The largest absolute Gasteiger partial charge is 0.495 e. The molecule has 0 saturated heterocycles. The van der Waals surface area contributed by atoms with Crippen molar-refractivity contribution in [2.45, 2.75) is 31.7 Å². The van der Waals surface area contributed by atoms with E-state index in [9.17, 15) is 4.39 Å². The Morgan fingerprint density at radius 3 is 2.67 bits per heavy atom. The number of benzene rings is 2. The van der Waals surface area contributed by atoms with E-state index in [-0.39, 0.29) is 5.82 Å². The molecule has 1 aliphatic carbocycles. The highest BCUT2D eigenvalue weighted by Gasteiger charge is 2.30. The number of nitrogens with one attached hydrogen (secondary N) is 1. The van der Waals surface area contributed by atoms with Crippen LogP contribution in [-0.2, 0) is 0 Å². The minimum Gasteiger partial charge on any atom is -0.495 e. The van der Waals surface area contributed by atoms with Crippen molar-refractivity contribution >= 4 is 5.69 Å². The molecule has 3 rings (SSSR count). The fourth-order valence-corrected chi connectivity index (χ4v) is 2.91. The predicted octanol–water partition coefficient (Wildman–Crippen LogP) is 4.50. The third-order valence-electron chi connectivity index (χ3n) is 4.17. The van der Waals surface area contributed by atoms with Crippen LogP contribution in [0.2, 0.25) is 0 Å². The van der Waals surface area contributed by atoms with E-state index in [1.807, 2.05) is 12.1 Å². The molecule has 1 aliphatic rings. The van der Waals surface area contributed by atoms with Crippen LogP contribution in [0, 0.1) is 12.7 Å². The second-order valence-electron chi connectivity index (χ2n) is 5.77. The third kappa shape index (κ3) is 3.02. The second kappa shape index (κ2) is 5.76. The van der Waals surface area contributed by atoms with Gasteiger partial charge in [-0.1, -0.05) is 18.2 Å². The van der Waals surface area contributed by atoms with Crippen LogP contribution in [0.4, 0.5) is 10.1 Å². The monoisotopic (exact) mass is 285 g/mol. The molecule has 1 saturated carbocycles. The molecule has 0 amide bonds. The Morgan fingerprint density at radius 1 is 1.14 bits per heavy atom. The summed E-state index contributed by atoms with van der Waals surface area (Å²) in [5.74, 6) is 1.18. The van der Waals surface area contributed by atoms with Crippen molar-refractivity contribution in [3.63, 3.8) is 0 Å². The molecule has 1 N–H and O–H groups in total. The zero-order valence-electron chi connectivity index (χ0n) is 12.4. The average molecular weight is 285 g/mol. The van der Waals surface area contributed by atoms with Gasteiger partial charge in [-0.25, -0.2) is 4.39 Å². The maximum absolute atomic E-state index is 13.2. The standard InChI is InChI=1S/C18H20FNO/c1-12-6-7-17(18(8-12)21-2)20-16-10-14(11-16)13-4-3-5-15(19)9-13/h3-9,14,16,20H,10-11H2,1-2H3. The van der Waals surface area contributed by atoms with Gasteiger partial charge in [0.15, 0.2) is 0 Å². The van der Waals surface area contributed by atoms with Crippen molar-refractivity contribution in [2.75, 3.05) is 12.4 Å². The number of hydrogen-bond acceptors (Lipinski definition) is 2. The Balaban J connectivity index is 1.62. The van der Waals surface area contributed by atoms with E-state index in [2.05, 4.69) is 24.4 Å². The first-order valence-corrected chi connectivity index (χ1v) is 7.32. The fourth-order valence-electron chi connectivity index (χ4n) is 2.91. The Labute approximate surface area is 125 Å². The molecular formula is C18H20FNO. The van der Waals surface area contributed by atoms with E-state index in [1.165, 1.54) is 11.6 Å². The molecule has 110 valence electrons. The molecule has 2 nitrogen and oxygen atoms in total. The summed E-state index contributed by atoms with van der Waals surface area (Å²) >= 11 is 0. The lowest BCUT2D eigenvalue weighted by Crippen LogP contribution is -2.34. The lowest BCUT2D eigenvalue weighted by atomic mass is 9.76. The molecule has 1 fully saturated rings.